The van der Waals surface area contributed by atoms with Crippen LogP contribution in [0.2, 0.25) is 0 Å². The van der Waals surface area contributed by atoms with Gasteiger partial charge in [-0.2, -0.15) is 0 Å². The SMILES string of the molecule is CCOc1ccc(NC(=O)Nc2nnc(Cc3ccc(F)cc3)o2)cc1. The number of ether oxygens (including phenoxy) is 1. The highest BCUT2D eigenvalue weighted by molar-refractivity contribution is 5.98. The molecule has 2 amide bonds. The van der Waals surface area contributed by atoms with Crippen LogP contribution in [0.15, 0.2) is 52.9 Å². The summed E-state index contributed by atoms with van der Waals surface area (Å²) in [5.74, 6) is 0.723. The Morgan fingerprint density at radius 2 is 1.81 bits per heavy atom. The Kier molecular flexibility index (Phi) is 5.43. The van der Waals surface area contributed by atoms with Gasteiger partial charge in [0.25, 0.3) is 0 Å². The lowest BCUT2D eigenvalue weighted by atomic mass is 10.1. The van der Waals surface area contributed by atoms with Crippen molar-refractivity contribution in [3.8, 4) is 5.75 Å². The van der Waals surface area contributed by atoms with E-state index >= 15 is 0 Å². The van der Waals surface area contributed by atoms with Crippen LogP contribution in [0.1, 0.15) is 18.4 Å². The predicted octanol–water partition coefficient (Wildman–Crippen LogP) is 3.84. The number of nitrogens with one attached hydrogen (secondary N) is 2. The van der Waals surface area contributed by atoms with Gasteiger partial charge in [0.2, 0.25) is 5.89 Å². The van der Waals surface area contributed by atoms with E-state index in [0.29, 0.717) is 24.6 Å². The van der Waals surface area contributed by atoms with Crippen LogP contribution in [-0.4, -0.2) is 22.8 Å². The highest BCUT2D eigenvalue weighted by atomic mass is 19.1. The zero-order chi connectivity index (χ0) is 18.4. The van der Waals surface area contributed by atoms with Crippen molar-refractivity contribution in [3.63, 3.8) is 0 Å². The van der Waals surface area contributed by atoms with E-state index in [1.807, 2.05) is 6.92 Å². The molecule has 1 heterocycles. The standard InChI is InChI=1S/C18H17FN4O3/c1-2-25-15-9-7-14(8-10-15)20-17(24)21-18-23-22-16(26-18)11-12-3-5-13(19)6-4-12/h3-10H,2,11H2,1H3,(H2,20,21,23,24). The minimum atomic E-state index is -0.508. The second kappa shape index (κ2) is 8.11. The molecule has 0 aliphatic heterocycles. The summed E-state index contributed by atoms with van der Waals surface area (Å²) in [6.07, 6.45) is 0.343. The molecule has 2 aromatic carbocycles. The molecular formula is C18H17FN4O3. The predicted molar refractivity (Wildman–Crippen MR) is 93.8 cm³/mol. The second-order valence-electron chi connectivity index (χ2n) is 5.34. The highest BCUT2D eigenvalue weighted by Crippen LogP contribution is 2.16. The monoisotopic (exact) mass is 356 g/mol. The summed E-state index contributed by atoms with van der Waals surface area (Å²) in [6, 6.07) is 12.4. The molecule has 0 radical (unpaired) electrons. The third-order valence-electron chi connectivity index (χ3n) is 3.38. The molecule has 0 spiro atoms. The lowest BCUT2D eigenvalue weighted by Gasteiger charge is -2.06. The summed E-state index contributed by atoms with van der Waals surface area (Å²) in [4.78, 5) is 12.0. The Hall–Kier alpha value is -3.42. The van der Waals surface area contributed by atoms with Gasteiger partial charge in [-0.15, -0.1) is 5.10 Å². The van der Waals surface area contributed by atoms with Gasteiger partial charge in [-0.25, -0.2) is 9.18 Å². The minimum Gasteiger partial charge on any atom is -0.494 e. The first kappa shape index (κ1) is 17.4. The van der Waals surface area contributed by atoms with Gasteiger partial charge in [-0.3, -0.25) is 5.32 Å². The van der Waals surface area contributed by atoms with E-state index in [-0.39, 0.29) is 11.8 Å². The third-order valence-corrected chi connectivity index (χ3v) is 3.38. The van der Waals surface area contributed by atoms with Crippen LogP contribution in [0.4, 0.5) is 20.9 Å². The van der Waals surface area contributed by atoms with Crippen LogP contribution < -0.4 is 15.4 Å². The van der Waals surface area contributed by atoms with Crippen molar-refractivity contribution in [2.75, 3.05) is 17.2 Å². The normalized spacial score (nSPS) is 10.4. The van der Waals surface area contributed by atoms with Crippen LogP contribution in [-0.2, 0) is 6.42 Å². The molecule has 2 N–H and O–H groups in total. The molecule has 0 atom stereocenters. The number of carbonyl (C=O) groups is 1. The number of aromatic nitrogens is 2. The minimum absolute atomic E-state index is 0.0226. The van der Waals surface area contributed by atoms with E-state index in [1.165, 1.54) is 12.1 Å². The van der Waals surface area contributed by atoms with E-state index in [9.17, 15) is 9.18 Å². The van der Waals surface area contributed by atoms with E-state index in [1.54, 1.807) is 36.4 Å². The van der Waals surface area contributed by atoms with Crippen molar-refractivity contribution < 1.29 is 18.3 Å². The average molecular weight is 356 g/mol. The fraction of sp³-hybridized carbons (Fsp3) is 0.167. The molecule has 0 bridgehead atoms. The molecular weight excluding hydrogens is 339 g/mol. The van der Waals surface area contributed by atoms with E-state index in [4.69, 9.17) is 9.15 Å². The summed E-state index contributed by atoms with van der Waals surface area (Å²) in [7, 11) is 0. The Morgan fingerprint density at radius 1 is 1.08 bits per heavy atom. The fourth-order valence-electron chi connectivity index (χ4n) is 2.21. The number of nitrogens with zero attached hydrogens (tertiary/aromatic N) is 2. The number of halogens is 1. The first-order chi connectivity index (χ1) is 12.6. The summed E-state index contributed by atoms with van der Waals surface area (Å²) in [5.41, 5.74) is 1.41. The topological polar surface area (TPSA) is 89.3 Å². The van der Waals surface area contributed by atoms with Gasteiger partial charge in [0, 0.05) is 5.69 Å². The quantitative estimate of drug-likeness (QED) is 0.700. The number of carbonyl (C=O) groups excluding carboxylic acids is 1. The third kappa shape index (κ3) is 4.79. The smallest absolute Gasteiger partial charge is 0.327 e. The molecule has 0 fully saturated rings. The van der Waals surface area contributed by atoms with Gasteiger partial charge < -0.3 is 14.5 Å². The van der Waals surface area contributed by atoms with Gasteiger partial charge in [0.15, 0.2) is 0 Å². The van der Waals surface area contributed by atoms with Gasteiger partial charge in [-0.1, -0.05) is 17.2 Å². The lowest BCUT2D eigenvalue weighted by molar-refractivity contribution is 0.261. The zero-order valence-corrected chi connectivity index (χ0v) is 14.0. The molecule has 0 saturated carbocycles. The maximum absolute atomic E-state index is 12.9. The van der Waals surface area contributed by atoms with Gasteiger partial charge in [-0.05, 0) is 48.9 Å². The van der Waals surface area contributed by atoms with E-state index in [0.717, 1.165) is 11.3 Å². The van der Waals surface area contributed by atoms with Crippen LogP contribution in [0.3, 0.4) is 0 Å². The molecule has 3 rings (SSSR count). The summed E-state index contributed by atoms with van der Waals surface area (Å²) in [5, 5.41) is 12.7. The maximum Gasteiger partial charge on any atom is 0.327 e. The Morgan fingerprint density at radius 3 is 2.50 bits per heavy atom. The first-order valence-electron chi connectivity index (χ1n) is 8.00. The first-order valence-corrected chi connectivity index (χ1v) is 8.00. The largest absolute Gasteiger partial charge is 0.494 e. The van der Waals surface area contributed by atoms with Crippen LogP contribution in [0.25, 0.3) is 0 Å². The summed E-state index contributed by atoms with van der Waals surface area (Å²) in [6.45, 7) is 2.47. The lowest BCUT2D eigenvalue weighted by Crippen LogP contribution is -2.19. The Labute approximate surface area is 149 Å². The number of hydrogen-bond donors (Lipinski definition) is 2. The van der Waals surface area contributed by atoms with E-state index < -0.39 is 6.03 Å². The van der Waals surface area contributed by atoms with Crippen molar-refractivity contribution >= 4 is 17.7 Å². The molecule has 8 heteroatoms. The summed E-state index contributed by atoms with van der Waals surface area (Å²) >= 11 is 0. The molecule has 26 heavy (non-hydrogen) atoms. The molecule has 134 valence electrons. The molecule has 0 saturated heterocycles. The van der Waals surface area contributed by atoms with Gasteiger partial charge >= 0.3 is 12.0 Å². The van der Waals surface area contributed by atoms with E-state index in [2.05, 4.69) is 20.8 Å². The van der Waals surface area contributed by atoms with Crippen LogP contribution >= 0.6 is 0 Å². The number of amides is 2. The van der Waals surface area contributed by atoms with Crippen molar-refractivity contribution in [1.82, 2.24) is 10.2 Å². The number of anilines is 2. The molecule has 7 nitrogen and oxygen atoms in total. The van der Waals surface area contributed by atoms with Crippen LogP contribution in [0.5, 0.6) is 5.75 Å². The Balaban J connectivity index is 1.54. The fourth-order valence-corrected chi connectivity index (χ4v) is 2.21. The second-order valence-corrected chi connectivity index (χ2v) is 5.34. The van der Waals surface area contributed by atoms with Crippen molar-refractivity contribution in [1.29, 1.82) is 0 Å². The van der Waals surface area contributed by atoms with Crippen molar-refractivity contribution in [2.45, 2.75) is 13.3 Å². The molecule has 0 unspecified atom stereocenters. The maximum atomic E-state index is 12.9. The Bertz CT molecular complexity index is 863. The summed E-state index contributed by atoms with van der Waals surface area (Å²) < 4.78 is 23.6. The average Bonchev–Trinajstić information content (AvgIpc) is 3.05. The number of hydrogen-bond acceptors (Lipinski definition) is 5. The van der Waals surface area contributed by atoms with Gasteiger partial charge in [0.1, 0.15) is 11.6 Å². The van der Waals surface area contributed by atoms with Crippen molar-refractivity contribution in [3.05, 3.63) is 65.8 Å². The zero-order valence-electron chi connectivity index (χ0n) is 14.0. The van der Waals surface area contributed by atoms with Gasteiger partial charge in [0.05, 0.1) is 13.0 Å². The highest BCUT2D eigenvalue weighted by Gasteiger charge is 2.10. The molecule has 0 aliphatic carbocycles. The number of benzene rings is 2. The number of urea groups is 1. The molecule has 0 aliphatic rings. The molecule has 3 aromatic rings. The van der Waals surface area contributed by atoms with Crippen molar-refractivity contribution in [2.24, 2.45) is 0 Å². The van der Waals surface area contributed by atoms with Crippen LogP contribution in [0, 0.1) is 5.82 Å². The number of rotatable bonds is 6. The molecule has 1 aromatic heterocycles.